The molecule has 2 rings (SSSR count). The number of methoxy groups -OCH3 is 1. The summed E-state index contributed by atoms with van der Waals surface area (Å²) < 4.78 is 5.33. The Morgan fingerprint density at radius 3 is 2.59 bits per heavy atom. The van der Waals surface area contributed by atoms with Gasteiger partial charge >= 0.3 is 0 Å². The monoisotopic (exact) mass is 223 g/mol. The summed E-state index contributed by atoms with van der Waals surface area (Å²) in [5, 5.41) is 8.98. The largest absolute Gasteiger partial charge is 0.496 e. The molecular weight excluding hydrogens is 210 g/mol. The SMILES string of the molecule is COc1ccccc1-c1cc(C)cc(C#N)c1. The summed E-state index contributed by atoms with van der Waals surface area (Å²) in [5.41, 5.74) is 3.77. The van der Waals surface area contributed by atoms with Crippen LogP contribution >= 0.6 is 0 Å². The molecule has 84 valence electrons. The van der Waals surface area contributed by atoms with Gasteiger partial charge in [-0.3, -0.25) is 0 Å². The highest BCUT2D eigenvalue weighted by Crippen LogP contribution is 2.30. The first-order valence-corrected chi connectivity index (χ1v) is 5.40. The molecule has 0 atom stereocenters. The van der Waals surface area contributed by atoms with Crippen LogP contribution in [0.15, 0.2) is 42.5 Å². The topological polar surface area (TPSA) is 33.0 Å². The lowest BCUT2D eigenvalue weighted by Crippen LogP contribution is -1.89. The summed E-state index contributed by atoms with van der Waals surface area (Å²) in [6, 6.07) is 15.8. The third-order valence-corrected chi connectivity index (χ3v) is 2.62. The van der Waals surface area contributed by atoms with Crippen LogP contribution in [-0.2, 0) is 0 Å². The number of nitriles is 1. The maximum Gasteiger partial charge on any atom is 0.126 e. The average Bonchev–Trinajstić information content (AvgIpc) is 2.37. The highest BCUT2D eigenvalue weighted by molar-refractivity contribution is 5.72. The number of ether oxygens (including phenoxy) is 1. The van der Waals surface area contributed by atoms with Crippen molar-refractivity contribution in [3.63, 3.8) is 0 Å². The van der Waals surface area contributed by atoms with Crippen molar-refractivity contribution in [2.45, 2.75) is 6.92 Å². The molecule has 2 nitrogen and oxygen atoms in total. The summed E-state index contributed by atoms with van der Waals surface area (Å²) in [4.78, 5) is 0. The minimum atomic E-state index is 0.672. The molecule has 0 radical (unpaired) electrons. The molecule has 0 heterocycles. The fraction of sp³-hybridized carbons (Fsp3) is 0.133. The van der Waals surface area contributed by atoms with E-state index in [1.54, 1.807) is 7.11 Å². The molecule has 2 heteroatoms. The summed E-state index contributed by atoms with van der Waals surface area (Å²) in [5.74, 6) is 0.821. The zero-order valence-electron chi connectivity index (χ0n) is 9.90. The van der Waals surface area contributed by atoms with E-state index in [1.165, 1.54) is 0 Å². The van der Waals surface area contributed by atoms with Gasteiger partial charge < -0.3 is 4.74 Å². The minimum absolute atomic E-state index is 0.672. The minimum Gasteiger partial charge on any atom is -0.496 e. The number of hydrogen-bond acceptors (Lipinski definition) is 2. The van der Waals surface area contributed by atoms with Crippen LogP contribution in [0.1, 0.15) is 11.1 Å². The summed E-state index contributed by atoms with van der Waals surface area (Å²) in [7, 11) is 1.65. The second kappa shape index (κ2) is 4.71. The predicted octanol–water partition coefficient (Wildman–Crippen LogP) is 3.54. The molecule has 0 aliphatic carbocycles. The molecule has 2 aromatic rings. The van der Waals surface area contributed by atoms with E-state index in [2.05, 4.69) is 12.1 Å². The Balaban J connectivity index is 2.60. The molecule has 0 fully saturated rings. The zero-order valence-corrected chi connectivity index (χ0v) is 9.90. The highest BCUT2D eigenvalue weighted by atomic mass is 16.5. The van der Waals surface area contributed by atoms with Crippen LogP contribution in [0.25, 0.3) is 11.1 Å². The quantitative estimate of drug-likeness (QED) is 0.780. The lowest BCUT2D eigenvalue weighted by molar-refractivity contribution is 0.416. The van der Waals surface area contributed by atoms with Gasteiger partial charge in [-0.2, -0.15) is 5.26 Å². The Labute approximate surface area is 101 Å². The van der Waals surface area contributed by atoms with Gasteiger partial charge in [0.05, 0.1) is 18.7 Å². The normalized spacial score (nSPS) is 9.71. The number of para-hydroxylation sites is 1. The first kappa shape index (κ1) is 11.2. The Kier molecular flexibility index (Phi) is 3.11. The smallest absolute Gasteiger partial charge is 0.126 e. The third kappa shape index (κ3) is 2.29. The molecular formula is C15H13NO. The Bertz CT molecular complexity index is 582. The van der Waals surface area contributed by atoms with Crippen LogP contribution in [0.4, 0.5) is 0 Å². The number of rotatable bonds is 2. The highest BCUT2D eigenvalue weighted by Gasteiger charge is 2.06. The van der Waals surface area contributed by atoms with Crippen LogP contribution in [0.2, 0.25) is 0 Å². The molecule has 0 saturated carbocycles. The van der Waals surface area contributed by atoms with Crippen molar-refractivity contribution in [1.29, 1.82) is 5.26 Å². The van der Waals surface area contributed by atoms with Crippen molar-refractivity contribution in [3.8, 4) is 22.9 Å². The van der Waals surface area contributed by atoms with E-state index in [4.69, 9.17) is 10.00 Å². The molecule has 0 spiro atoms. The predicted molar refractivity (Wildman–Crippen MR) is 67.9 cm³/mol. The van der Waals surface area contributed by atoms with Gasteiger partial charge in [0.1, 0.15) is 5.75 Å². The molecule has 0 bridgehead atoms. The lowest BCUT2D eigenvalue weighted by atomic mass is 10.00. The molecule has 2 aromatic carbocycles. The molecule has 17 heavy (non-hydrogen) atoms. The standard InChI is InChI=1S/C15H13NO/c1-11-7-12(10-16)9-13(8-11)14-5-3-4-6-15(14)17-2/h3-9H,1-2H3. The van der Waals surface area contributed by atoms with Crippen LogP contribution in [-0.4, -0.2) is 7.11 Å². The Morgan fingerprint density at radius 1 is 1.12 bits per heavy atom. The van der Waals surface area contributed by atoms with E-state index in [9.17, 15) is 0 Å². The van der Waals surface area contributed by atoms with Crippen LogP contribution in [0.5, 0.6) is 5.75 Å². The number of aryl methyl sites for hydroxylation is 1. The van der Waals surface area contributed by atoms with E-state index in [0.29, 0.717) is 5.56 Å². The van der Waals surface area contributed by atoms with Gasteiger partial charge in [-0.25, -0.2) is 0 Å². The Hall–Kier alpha value is -2.27. The molecule has 0 saturated heterocycles. The van der Waals surface area contributed by atoms with E-state index < -0.39 is 0 Å². The van der Waals surface area contributed by atoms with Gasteiger partial charge in [0.25, 0.3) is 0 Å². The zero-order chi connectivity index (χ0) is 12.3. The van der Waals surface area contributed by atoms with Crippen molar-refractivity contribution in [3.05, 3.63) is 53.6 Å². The van der Waals surface area contributed by atoms with Crippen LogP contribution < -0.4 is 4.74 Å². The van der Waals surface area contributed by atoms with Crippen molar-refractivity contribution in [1.82, 2.24) is 0 Å². The molecule has 0 N–H and O–H groups in total. The van der Waals surface area contributed by atoms with Crippen LogP contribution in [0.3, 0.4) is 0 Å². The molecule has 0 amide bonds. The molecule has 0 aliphatic rings. The average molecular weight is 223 g/mol. The number of hydrogen-bond donors (Lipinski definition) is 0. The fourth-order valence-electron chi connectivity index (χ4n) is 1.89. The van der Waals surface area contributed by atoms with Gasteiger partial charge in [0, 0.05) is 5.56 Å². The fourth-order valence-corrected chi connectivity index (χ4v) is 1.89. The van der Waals surface area contributed by atoms with Crippen LogP contribution in [0, 0.1) is 18.3 Å². The molecule has 0 unspecified atom stereocenters. The lowest BCUT2D eigenvalue weighted by Gasteiger charge is -2.09. The first-order chi connectivity index (χ1) is 8.24. The van der Waals surface area contributed by atoms with Gasteiger partial charge in [-0.1, -0.05) is 24.3 Å². The van der Waals surface area contributed by atoms with Crippen molar-refractivity contribution >= 4 is 0 Å². The van der Waals surface area contributed by atoms with E-state index in [-0.39, 0.29) is 0 Å². The summed E-state index contributed by atoms with van der Waals surface area (Å²) >= 11 is 0. The van der Waals surface area contributed by atoms with E-state index in [1.807, 2.05) is 43.3 Å². The number of nitrogens with zero attached hydrogens (tertiary/aromatic N) is 1. The summed E-state index contributed by atoms with van der Waals surface area (Å²) in [6.07, 6.45) is 0. The number of benzene rings is 2. The molecule has 0 aromatic heterocycles. The first-order valence-electron chi connectivity index (χ1n) is 5.40. The van der Waals surface area contributed by atoms with Crippen molar-refractivity contribution in [2.75, 3.05) is 7.11 Å². The maximum atomic E-state index is 8.98. The van der Waals surface area contributed by atoms with E-state index in [0.717, 1.165) is 22.4 Å². The summed E-state index contributed by atoms with van der Waals surface area (Å²) in [6.45, 7) is 1.99. The van der Waals surface area contributed by atoms with Gasteiger partial charge in [-0.15, -0.1) is 0 Å². The molecule has 0 aliphatic heterocycles. The third-order valence-electron chi connectivity index (χ3n) is 2.62. The Morgan fingerprint density at radius 2 is 1.88 bits per heavy atom. The van der Waals surface area contributed by atoms with Gasteiger partial charge in [-0.05, 0) is 36.2 Å². The maximum absolute atomic E-state index is 8.98. The van der Waals surface area contributed by atoms with E-state index >= 15 is 0 Å². The van der Waals surface area contributed by atoms with Crippen molar-refractivity contribution < 1.29 is 4.74 Å². The second-order valence-corrected chi connectivity index (χ2v) is 3.90. The van der Waals surface area contributed by atoms with Gasteiger partial charge in [0.2, 0.25) is 0 Å². The second-order valence-electron chi connectivity index (χ2n) is 3.90. The van der Waals surface area contributed by atoms with Crippen molar-refractivity contribution in [2.24, 2.45) is 0 Å². The van der Waals surface area contributed by atoms with Gasteiger partial charge in [0.15, 0.2) is 0 Å².